The third-order valence-electron chi connectivity index (χ3n) is 7.53. The van der Waals surface area contributed by atoms with Gasteiger partial charge in [-0.15, -0.1) is 0 Å². The number of piperidine rings is 1. The van der Waals surface area contributed by atoms with Gasteiger partial charge in [-0.1, -0.05) is 6.07 Å². The second kappa shape index (κ2) is 8.91. The molecule has 34 heavy (non-hydrogen) atoms. The Hall–Kier alpha value is -3.13. The van der Waals surface area contributed by atoms with E-state index in [1.807, 2.05) is 30.9 Å². The molecule has 1 aliphatic carbocycles. The number of nitrogens with zero attached hydrogens (tertiary/aromatic N) is 3. The van der Waals surface area contributed by atoms with Gasteiger partial charge in [0.05, 0.1) is 23.2 Å². The molecule has 2 aliphatic heterocycles. The molecule has 2 saturated heterocycles. The van der Waals surface area contributed by atoms with E-state index in [1.165, 1.54) is 31.7 Å². The summed E-state index contributed by atoms with van der Waals surface area (Å²) in [4.78, 5) is 29.0. The van der Waals surface area contributed by atoms with Crippen LogP contribution in [0.3, 0.4) is 0 Å². The van der Waals surface area contributed by atoms with Crippen LogP contribution in [0, 0.1) is 22.5 Å². The summed E-state index contributed by atoms with van der Waals surface area (Å²) in [5, 5.41) is 14.7. The van der Waals surface area contributed by atoms with Crippen LogP contribution < -0.4 is 15.1 Å². The molecule has 1 atom stereocenters. The van der Waals surface area contributed by atoms with Gasteiger partial charge in [-0.2, -0.15) is 0 Å². The number of rotatable bonds is 5. The smallest absolute Gasteiger partial charge is 0.292 e. The zero-order chi connectivity index (χ0) is 23.9. The molecule has 1 saturated carbocycles. The van der Waals surface area contributed by atoms with Crippen molar-refractivity contribution in [2.75, 3.05) is 47.9 Å². The number of aryl methyl sites for hydroxylation is 1. The predicted molar refractivity (Wildman–Crippen MR) is 133 cm³/mol. The van der Waals surface area contributed by atoms with E-state index in [2.05, 4.69) is 16.3 Å². The van der Waals surface area contributed by atoms with E-state index < -0.39 is 0 Å². The number of carbonyl (C=O) groups excluding carboxylic acids is 1. The van der Waals surface area contributed by atoms with Crippen molar-refractivity contribution in [3.8, 4) is 0 Å². The lowest BCUT2D eigenvalue weighted by Crippen LogP contribution is -2.41. The summed E-state index contributed by atoms with van der Waals surface area (Å²) in [6.07, 6.45) is 5.04. The Bertz CT molecular complexity index is 1100. The Kier molecular flexibility index (Phi) is 5.93. The molecule has 8 nitrogen and oxygen atoms in total. The van der Waals surface area contributed by atoms with E-state index in [4.69, 9.17) is 4.74 Å². The second-order valence-electron chi connectivity index (χ2n) is 10.0. The standard InChI is InChI=1S/C26H32N4O4/c1-18-3-5-21(23(15-18)28-11-9-26(7-8-26)10-12-28)25(31)27-20-4-6-22(30(32)33)24(16-20)29-13-14-34-19(2)17-29/h3-6,15-16,19H,7-14,17H2,1-2H3,(H,27,31). The number of hydrogen-bond acceptors (Lipinski definition) is 6. The van der Waals surface area contributed by atoms with Gasteiger partial charge in [0.1, 0.15) is 5.69 Å². The van der Waals surface area contributed by atoms with E-state index in [0.29, 0.717) is 42.0 Å². The Morgan fingerprint density at radius 3 is 2.50 bits per heavy atom. The number of nitro benzene ring substituents is 1. The lowest BCUT2D eigenvalue weighted by atomic mass is 9.92. The average Bonchev–Trinajstić information content (AvgIpc) is 3.58. The SMILES string of the molecule is Cc1ccc(C(=O)Nc2ccc([N+](=O)[O-])c(N3CCOC(C)C3)c2)c(N2CCC3(CC2)CC3)c1. The first-order chi connectivity index (χ1) is 16.3. The molecule has 5 rings (SSSR count). The maximum atomic E-state index is 13.4. The highest BCUT2D eigenvalue weighted by atomic mass is 16.6. The zero-order valence-corrected chi connectivity index (χ0v) is 19.9. The maximum Gasteiger partial charge on any atom is 0.292 e. The molecule has 1 unspecified atom stereocenters. The van der Waals surface area contributed by atoms with Gasteiger partial charge in [0.2, 0.25) is 0 Å². The van der Waals surface area contributed by atoms with E-state index in [1.54, 1.807) is 12.1 Å². The van der Waals surface area contributed by atoms with E-state index >= 15 is 0 Å². The molecule has 0 radical (unpaired) electrons. The van der Waals surface area contributed by atoms with Crippen molar-refractivity contribution in [1.82, 2.24) is 0 Å². The van der Waals surface area contributed by atoms with Crippen molar-refractivity contribution in [3.63, 3.8) is 0 Å². The van der Waals surface area contributed by atoms with Gasteiger partial charge in [0, 0.05) is 43.6 Å². The first-order valence-corrected chi connectivity index (χ1v) is 12.2. The highest BCUT2D eigenvalue weighted by Crippen LogP contribution is 2.54. The third-order valence-corrected chi connectivity index (χ3v) is 7.53. The summed E-state index contributed by atoms with van der Waals surface area (Å²) in [6.45, 7) is 7.59. The van der Waals surface area contributed by atoms with Crippen molar-refractivity contribution in [1.29, 1.82) is 0 Å². The quantitative estimate of drug-likeness (QED) is 0.507. The number of ether oxygens (including phenoxy) is 1. The minimum atomic E-state index is -0.373. The van der Waals surface area contributed by atoms with Gasteiger partial charge in [-0.3, -0.25) is 14.9 Å². The molecular weight excluding hydrogens is 432 g/mol. The summed E-state index contributed by atoms with van der Waals surface area (Å²) < 4.78 is 5.59. The topological polar surface area (TPSA) is 87.9 Å². The number of nitrogens with one attached hydrogen (secondary N) is 1. The molecule has 2 aromatic carbocycles. The molecular formula is C26H32N4O4. The first kappa shape index (κ1) is 22.7. The average molecular weight is 465 g/mol. The third kappa shape index (κ3) is 4.59. The van der Waals surface area contributed by atoms with E-state index in [-0.39, 0.29) is 22.6 Å². The van der Waals surface area contributed by atoms with Gasteiger partial charge >= 0.3 is 0 Å². The molecule has 3 aliphatic rings. The summed E-state index contributed by atoms with van der Waals surface area (Å²) in [6, 6.07) is 10.7. The van der Waals surface area contributed by atoms with Crippen LogP contribution in [0.5, 0.6) is 0 Å². The highest BCUT2D eigenvalue weighted by Gasteiger charge is 2.44. The lowest BCUT2D eigenvalue weighted by molar-refractivity contribution is -0.384. The van der Waals surface area contributed by atoms with Crippen LogP contribution in [0.25, 0.3) is 0 Å². The molecule has 1 spiro atoms. The molecule has 1 amide bonds. The van der Waals surface area contributed by atoms with Crippen LogP contribution >= 0.6 is 0 Å². The fourth-order valence-electron chi connectivity index (χ4n) is 5.24. The predicted octanol–water partition coefficient (Wildman–Crippen LogP) is 4.76. The monoisotopic (exact) mass is 464 g/mol. The largest absolute Gasteiger partial charge is 0.375 e. The van der Waals surface area contributed by atoms with Gasteiger partial charge < -0.3 is 19.9 Å². The van der Waals surface area contributed by atoms with Crippen LogP contribution in [-0.2, 0) is 4.74 Å². The number of benzene rings is 2. The fourth-order valence-corrected chi connectivity index (χ4v) is 5.24. The molecule has 2 aromatic rings. The summed E-state index contributed by atoms with van der Waals surface area (Å²) in [7, 11) is 0. The molecule has 1 N–H and O–H groups in total. The van der Waals surface area contributed by atoms with Crippen LogP contribution in [0.1, 0.15) is 48.5 Å². The first-order valence-electron chi connectivity index (χ1n) is 12.2. The van der Waals surface area contributed by atoms with Crippen LogP contribution in [0.4, 0.5) is 22.7 Å². The maximum absolute atomic E-state index is 13.4. The zero-order valence-electron chi connectivity index (χ0n) is 19.9. The van der Waals surface area contributed by atoms with E-state index in [0.717, 1.165) is 24.3 Å². The molecule has 180 valence electrons. The van der Waals surface area contributed by atoms with E-state index in [9.17, 15) is 14.9 Å². The molecule has 8 heteroatoms. The molecule has 3 fully saturated rings. The fraction of sp³-hybridized carbons (Fsp3) is 0.500. The number of amides is 1. The molecule has 0 bridgehead atoms. The Morgan fingerprint density at radius 2 is 1.82 bits per heavy atom. The van der Waals surface area contributed by atoms with Crippen molar-refractivity contribution < 1.29 is 14.5 Å². The number of hydrogen-bond donors (Lipinski definition) is 1. The summed E-state index contributed by atoms with van der Waals surface area (Å²) >= 11 is 0. The summed E-state index contributed by atoms with van der Waals surface area (Å²) in [5.74, 6) is -0.197. The Balaban J connectivity index is 1.39. The van der Waals surface area contributed by atoms with Crippen LogP contribution in [0.2, 0.25) is 0 Å². The van der Waals surface area contributed by atoms with Crippen molar-refractivity contribution in [2.45, 2.75) is 45.6 Å². The molecule has 0 aromatic heterocycles. The number of carbonyl (C=O) groups is 1. The minimum absolute atomic E-state index is 0.0129. The van der Waals surface area contributed by atoms with Crippen LogP contribution in [0.15, 0.2) is 36.4 Å². The van der Waals surface area contributed by atoms with Crippen molar-refractivity contribution >= 4 is 28.7 Å². The van der Waals surface area contributed by atoms with Gasteiger partial charge in [0.15, 0.2) is 0 Å². The van der Waals surface area contributed by atoms with Gasteiger partial charge in [-0.25, -0.2) is 0 Å². The van der Waals surface area contributed by atoms with Gasteiger partial charge in [-0.05, 0) is 74.8 Å². The Morgan fingerprint density at radius 1 is 1.06 bits per heavy atom. The van der Waals surface area contributed by atoms with Crippen molar-refractivity contribution in [2.24, 2.45) is 5.41 Å². The van der Waals surface area contributed by atoms with Gasteiger partial charge in [0.25, 0.3) is 11.6 Å². The number of anilines is 3. The summed E-state index contributed by atoms with van der Waals surface area (Å²) in [5.41, 5.74) is 4.38. The second-order valence-corrected chi connectivity index (χ2v) is 10.0. The highest BCUT2D eigenvalue weighted by molar-refractivity contribution is 6.08. The van der Waals surface area contributed by atoms with Crippen LogP contribution in [-0.4, -0.2) is 49.7 Å². The Labute approximate surface area is 200 Å². The number of morpholine rings is 1. The normalized spacial score (nSPS) is 21.4. The van der Waals surface area contributed by atoms with Crippen molar-refractivity contribution in [3.05, 3.63) is 57.6 Å². The lowest BCUT2D eigenvalue weighted by Gasteiger charge is -2.35. The minimum Gasteiger partial charge on any atom is -0.375 e. The number of nitro groups is 1. The molecule has 2 heterocycles.